The van der Waals surface area contributed by atoms with E-state index in [2.05, 4.69) is 9.71 Å². The first-order valence-electron chi connectivity index (χ1n) is 6.27. The lowest BCUT2D eigenvalue weighted by Crippen LogP contribution is -2.49. The zero-order valence-corrected chi connectivity index (χ0v) is 13.7. The van der Waals surface area contributed by atoms with Gasteiger partial charge in [0.2, 0.25) is 20.0 Å². The smallest absolute Gasteiger partial charge is 0.246 e. The summed E-state index contributed by atoms with van der Waals surface area (Å²) in [4.78, 5) is 3.72. The summed E-state index contributed by atoms with van der Waals surface area (Å²) in [6.45, 7) is 0.413. The lowest BCUT2D eigenvalue weighted by molar-refractivity contribution is 0.303. The van der Waals surface area contributed by atoms with Crippen molar-refractivity contribution in [3.8, 4) is 0 Å². The van der Waals surface area contributed by atoms with Crippen molar-refractivity contribution in [2.24, 2.45) is 0 Å². The van der Waals surface area contributed by atoms with Crippen LogP contribution in [0.1, 0.15) is 12.8 Å². The molecule has 1 aliphatic rings. The third-order valence-corrected chi connectivity index (χ3v) is 6.21. The van der Waals surface area contributed by atoms with Crippen LogP contribution >= 0.6 is 11.6 Å². The average Bonchev–Trinajstić information content (AvgIpc) is 2.37. The minimum absolute atomic E-state index is 0.0633. The van der Waals surface area contributed by atoms with Gasteiger partial charge >= 0.3 is 0 Å². The number of aromatic nitrogens is 1. The predicted molar refractivity (Wildman–Crippen MR) is 79.0 cm³/mol. The molecule has 0 amide bonds. The second kappa shape index (κ2) is 6.17. The Labute approximate surface area is 129 Å². The van der Waals surface area contributed by atoms with Gasteiger partial charge in [0.25, 0.3) is 0 Å². The van der Waals surface area contributed by atoms with Crippen molar-refractivity contribution in [1.29, 1.82) is 0 Å². The van der Waals surface area contributed by atoms with Crippen molar-refractivity contribution in [3.05, 3.63) is 23.5 Å². The molecule has 21 heavy (non-hydrogen) atoms. The van der Waals surface area contributed by atoms with Gasteiger partial charge in [0, 0.05) is 31.5 Å². The number of halogens is 1. The summed E-state index contributed by atoms with van der Waals surface area (Å²) in [5, 5.41) is 0.100. The van der Waals surface area contributed by atoms with E-state index in [9.17, 15) is 16.8 Å². The van der Waals surface area contributed by atoms with Crippen LogP contribution in [0.15, 0.2) is 23.4 Å². The van der Waals surface area contributed by atoms with Crippen molar-refractivity contribution < 1.29 is 16.8 Å². The standard InChI is InChI=1S/C11H16ClN3O4S2/c1-20(16,17)14-9-3-2-6-15(8-9)21(18,19)11-7-13-5-4-10(11)12/h4-5,7,9,14H,2-3,6,8H2,1H3. The number of piperidine rings is 1. The SMILES string of the molecule is CS(=O)(=O)NC1CCCN(S(=O)(=O)c2cnccc2Cl)C1. The molecule has 1 N–H and O–H groups in total. The van der Waals surface area contributed by atoms with Gasteiger partial charge in [0.05, 0.1) is 11.3 Å². The first kappa shape index (κ1) is 16.6. The van der Waals surface area contributed by atoms with Gasteiger partial charge in [0.15, 0.2) is 0 Å². The molecule has 10 heteroatoms. The second-order valence-corrected chi connectivity index (χ2v) is 8.99. The Morgan fingerprint density at radius 3 is 2.71 bits per heavy atom. The van der Waals surface area contributed by atoms with E-state index < -0.39 is 26.1 Å². The van der Waals surface area contributed by atoms with Crippen molar-refractivity contribution in [3.63, 3.8) is 0 Å². The fourth-order valence-electron chi connectivity index (χ4n) is 2.25. The van der Waals surface area contributed by atoms with Gasteiger partial charge < -0.3 is 0 Å². The molecule has 1 atom stereocenters. The summed E-state index contributed by atoms with van der Waals surface area (Å²) < 4.78 is 51.3. The van der Waals surface area contributed by atoms with Crippen molar-refractivity contribution >= 4 is 31.6 Å². The van der Waals surface area contributed by atoms with Crippen LogP contribution in [0.25, 0.3) is 0 Å². The molecule has 0 spiro atoms. The van der Waals surface area contributed by atoms with Crippen LogP contribution in [0.4, 0.5) is 0 Å². The van der Waals surface area contributed by atoms with E-state index in [4.69, 9.17) is 11.6 Å². The van der Waals surface area contributed by atoms with Crippen LogP contribution < -0.4 is 4.72 Å². The van der Waals surface area contributed by atoms with Crippen molar-refractivity contribution in [2.75, 3.05) is 19.3 Å². The molecule has 2 heterocycles. The van der Waals surface area contributed by atoms with Gasteiger partial charge in [-0.1, -0.05) is 11.6 Å². The predicted octanol–water partition coefficient (Wildman–Crippen LogP) is 0.437. The summed E-state index contributed by atoms with van der Waals surface area (Å²) in [5.41, 5.74) is 0. The Morgan fingerprint density at radius 1 is 1.38 bits per heavy atom. The van der Waals surface area contributed by atoms with E-state index in [1.54, 1.807) is 0 Å². The van der Waals surface area contributed by atoms with Gasteiger partial charge in [-0.05, 0) is 18.9 Å². The van der Waals surface area contributed by atoms with Gasteiger partial charge in [-0.15, -0.1) is 0 Å². The molecule has 1 aliphatic heterocycles. The fourth-order valence-corrected chi connectivity index (χ4v) is 4.98. The summed E-state index contributed by atoms with van der Waals surface area (Å²) in [5.74, 6) is 0. The van der Waals surface area contributed by atoms with E-state index in [0.29, 0.717) is 19.4 Å². The normalized spacial score (nSPS) is 21.3. The summed E-state index contributed by atoms with van der Waals surface area (Å²) in [6.07, 6.45) is 4.83. The summed E-state index contributed by atoms with van der Waals surface area (Å²) in [6, 6.07) is 0.976. The maximum absolute atomic E-state index is 12.5. The monoisotopic (exact) mass is 353 g/mol. The molecule has 1 aromatic heterocycles. The molecule has 2 rings (SSSR count). The highest BCUT2D eigenvalue weighted by Gasteiger charge is 2.32. The molecule has 0 aromatic carbocycles. The molecular weight excluding hydrogens is 338 g/mol. The topological polar surface area (TPSA) is 96.4 Å². The molecule has 1 unspecified atom stereocenters. The number of hydrogen-bond donors (Lipinski definition) is 1. The Bertz CT molecular complexity index is 721. The quantitative estimate of drug-likeness (QED) is 0.847. The Hall–Kier alpha value is -0.740. The third kappa shape index (κ3) is 4.13. The zero-order valence-electron chi connectivity index (χ0n) is 11.4. The molecule has 7 nitrogen and oxygen atoms in total. The van der Waals surface area contributed by atoms with Crippen LogP contribution in [-0.2, 0) is 20.0 Å². The van der Waals surface area contributed by atoms with Crippen molar-refractivity contribution in [1.82, 2.24) is 14.0 Å². The number of pyridine rings is 1. The second-order valence-electron chi connectivity index (χ2n) is 4.90. The minimum atomic E-state index is -3.78. The summed E-state index contributed by atoms with van der Waals surface area (Å²) in [7, 11) is -7.15. The van der Waals surface area contributed by atoms with E-state index >= 15 is 0 Å². The van der Waals surface area contributed by atoms with Crippen LogP contribution in [-0.4, -0.2) is 51.5 Å². The van der Waals surface area contributed by atoms with Crippen LogP contribution in [0.5, 0.6) is 0 Å². The van der Waals surface area contributed by atoms with Crippen LogP contribution in [0, 0.1) is 0 Å². The number of nitrogens with zero attached hydrogens (tertiary/aromatic N) is 2. The molecule has 0 bridgehead atoms. The summed E-state index contributed by atoms with van der Waals surface area (Å²) >= 11 is 5.91. The Kier molecular flexibility index (Phi) is 4.89. The molecular formula is C11H16ClN3O4S2. The molecule has 1 fully saturated rings. The average molecular weight is 354 g/mol. The molecule has 118 valence electrons. The van der Waals surface area contributed by atoms with Crippen LogP contribution in [0.2, 0.25) is 5.02 Å². The Balaban J connectivity index is 2.23. The third-order valence-electron chi connectivity index (χ3n) is 3.12. The van der Waals surface area contributed by atoms with Crippen molar-refractivity contribution in [2.45, 2.75) is 23.8 Å². The minimum Gasteiger partial charge on any atom is -0.263 e. The lowest BCUT2D eigenvalue weighted by Gasteiger charge is -2.31. The van der Waals surface area contributed by atoms with Crippen LogP contribution in [0.3, 0.4) is 0 Å². The first-order valence-corrected chi connectivity index (χ1v) is 9.98. The van der Waals surface area contributed by atoms with Gasteiger partial charge in [-0.2, -0.15) is 4.31 Å². The van der Waals surface area contributed by atoms with Gasteiger partial charge in [0.1, 0.15) is 4.90 Å². The van der Waals surface area contributed by atoms with E-state index in [-0.39, 0.29) is 16.5 Å². The Morgan fingerprint density at radius 2 is 2.10 bits per heavy atom. The lowest BCUT2D eigenvalue weighted by atomic mass is 10.1. The van der Waals surface area contributed by atoms with Gasteiger partial charge in [-0.3, -0.25) is 4.98 Å². The number of rotatable bonds is 4. The highest BCUT2D eigenvalue weighted by atomic mass is 35.5. The maximum atomic E-state index is 12.5. The zero-order chi connectivity index (χ0) is 15.7. The molecule has 0 radical (unpaired) electrons. The molecule has 1 aromatic rings. The largest absolute Gasteiger partial charge is 0.263 e. The number of hydrogen-bond acceptors (Lipinski definition) is 5. The van der Waals surface area contributed by atoms with E-state index in [1.165, 1.54) is 22.8 Å². The maximum Gasteiger partial charge on any atom is 0.246 e. The number of nitrogens with one attached hydrogen (secondary N) is 1. The first-order chi connectivity index (χ1) is 9.70. The number of sulfonamides is 2. The van der Waals surface area contributed by atoms with Gasteiger partial charge in [-0.25, -0.2) is 21.6 Å². The molecule has 0 aliphatic carbocycles. The highest BCUT2D eigenvalue weighted by Crippen LogP contribution is 2.25. The fraction of sp³-hybridized carbons (Fsp3) is 0.545. The van der Waals surface area contributed by atoms with E-state index in [1.807, 2.05) is 0 Å². The highest BCUT2D eigenvalue weighted by molar-refractivity contribution is 7.89. The molecule has 1 saturated heterocycles. The van der Waals surface area contributed by atoms with E-state index in [0.717, 1.165) is 6.26 Å². The molecule has 0 saturated carbocycles.